The molecule has 0 amide bonds. The Morgan fingerprint density at radius 2 is 1.00 bits per heavy atom. The maximum atomic E-state index is 6.83. The molecule has 1 aromatic heterocycles. The smallest absolute Gasteiger partial charge is 0.0718 e. The lowest BCUT2D eigenvalue weighted by molar-refractivity contribution is 0.795. The van der Waals surface area contributed by atoms with Crippen LogP contribution in [0.5, 0.6) is 0 Å². The van der Waals surface area contributed by atoms with Crippen molar-refractivity contribution in [2.24, 2.45) is 0 Å². The third kappa shape index (κ3) is 6.75. The quantitative estimate of drug-likeness (QED) is 0.162. The summed E-state index contributed by atoms with van der Waals surface area (Å²) in [6, 6.07) is 33.6. The number of hydrogen-bond donors (Lipinski definition) is 1. The lowest BCUT2D eigenvalue weighted by Crippen LogP contribution is -1.99. The van der Waals surface area contributed by atoms with Crippen LogP contribution in [-0.4, -0.2) is 4.98 Å². The second-order valence-corrected chi connectivity index (χ2v) is 11.6. The van der Waals surface area contributed by atoms with E-state index in [2.05, 4.69) is 126 Å². The standard InChI is InChI=1S/C41H46N2/c1-6-11-12-30-13-17-33(18-14-30)34-19-22-36(39(42)25-34)35-26-40(37-20-15-28(7-2)23-31(37)9-4)43-41(27-35)38-21-16-29(8-3)24-32(38)10-5/h13-27H,6-12,42H2,1-5H3. The van der Waals surface area contributed by atoms with Gasteiger partial charge in [-0.1, -0.05) is 114 Å². The van der Waals surface area contributed by atoms with Crippen LogP contribution in [0, 0.1) is 0 Å². The first-order valence-corrected chi connectivity index (χ1v) is 16.2. The molecule has 0 saturated carbocycles. The van der Waals surface area contributed by atoms with Gasteiger partial charge in [0.25, 0.3) is 0 Å². The van der Waals surface area contributed by atoms with Gasteiger partial charge in [-0.05, 0) is 101 Å². The van der Waals surface area contributed by atoms with Crippen molar-refractivity contribution in [3.8, 4) is 44.8 Å². The van der Waals surface area contributed by atoms with Crippen molar-refractivity contribution in [1.29, 1.82) is 0 Å². The first-order chi connectivity index (χ1) is 21.0. The van der Waals surface area contributed by atoms with Crippen molar-refractivity contribution < 1.29 is 0 Å². The van der Waals surface area contributed by atoms with E-state index < -0.39 is 0 Å². The highest BCUT2D eigenvalue weighted by Gasteiger charge is 2.15. The van der Waals surface area contributed by atoms with Crippen molar-refractivity contribution >= 4 is 5.69 Å². The van der Waals surface area contributed by atoms with Gasteiger partial charge in [0.05, 0.1) is 11.4 Å². The van der Waals surface area contributed by atoms with Crippen LogP contribution in [0.1, 0.15) is 75.3 Å². The summed E-state index contributed by atoms with van der Waals surface area (Å²) in [5.74, 6) is 0. The summed E-state index contributed by atoms with van der Waals surface area (Å²) in [4.78, 5) is 5.31. The molecule has 0 aliphatic carbocycles. The van der Waals surface area contributed by atoms with Gasteiger partial charge in [-0.15, -0.1) is 0 Å². The largest absolute Gasteiger partial charge is 0.398 e. The van der Waals surface area contributed by atoms with Crippen LogP contribution in [0.15, 0.2) is 91.0 Å². The molecular formula is C41H46N2. The van der Waals surface area contributed by atoms with Crippen molar-refractivity contribution in [2.45, 2.75) is 79.6 Å². The second-order valence-electron chi connectivity index (χ2n) is 11.6. The zero-order chi connectivity index (χ0) is 30.3. The Balaban J connectivity index is 1.63. The van der Waals surface area contributed by atoms with Crippen molar-refractivity contribution in [1.82, 2.24) is 4.98 Å². The summed E-state index contributed by atoms with van der Waals surface area (Å²) in [5, 5.41) is 0. The monoisotopic (exact) mass is 566 g/mol. The molecule has 0 radical (unpaired) electrons. The highest BCUT2D eigenvalue weighted by Crippen LogP contribution is 2.37. The van der Waals surface area contributed by atoms with Gasteiger partial charge in [0, 0.05) is 22.4 Å². The molecule has 43 heavy (non-hydrogen) atoms. The fraction of sp³-hybridized carbons (Fsp3) is 0.293. The van der Waals surface area contributed by atoms with Gasteiger partial charge >= 0.3 is 0 Å². The molecule has 4 aromatic carbocycles. The van der Waals surface area contributed by atoms with Crippen LogP contribution in [0.3, 0.4) is 0 Å². The van der Waals surface area contributed by atoms with E-state index in [9.17, 15) is 0 Å². The summed E-state index contributed by atoms with van der Waals surface area (Å²) in [6.45, 7) is 11.1. The predicted molar refractivity (Wildman–Crippen MR) is 187 cm³/mol. The molecule has 0 aliphatic rings. The lowest BCUT2D eigenvalue weighted by atomic mass is 9.92. The van der Waals surface area contributed by atoms with E-state index in [0.717, 1.165) is 65.9 Å². The van der Waals surface area contributed by atoms with E-state index >= 15 is 0 Å². The molecule has 220 valence electrons. The highest BCUT2D eigenvalue weighted by molar-refractivity contribution is 5.86. The Morgan fingerprint density at radius 1 is 0.488 bits per heavy atom. The van der Waals surface area contributed by atoms with Crippen LogP contribution in [0.2, 0.25) is 0 Å². The first-order valence-electron chi connectivity index (χ1n) is 16.2. The molecule has 0 aliphatic heterocycles. The number of nitrogens with two attached hydrogens (primary N) is 1. The fourth-order valence-corrected chi connectivity index (χ4v) is 6.03. The number of nitrogen functional groups attached to an aromatic ring is 1. The summed E-state index contributed by atoms with van der Waals surface area (Å²) in [6.07, 6.45) is 7.55. The Morgan fingerprint density at radius 3 is 1.49 bits per heavy atom. The average molecular weight is 567 g/mol. The third-order valence-corrected chi connectivity index (χ3v) is 8.76. The van der Waals surface area contributed by atoms with Crippen molar-refractivity contribution in [3.05, 3.63) is 119 Å². The molecule has 5 aromatic rings. The fourth-order valence-electron chi connectivity index (χ4n) is 6.03. The minimum Gasteiger partial charge on any atom is -0.398 e. The van der Waals surface area contributed by atoms with Gasteiger partial charge in [-0.3, -0.25) is 0 Å². The normalized spacial score (nSPS) is 11.2. The molecule has 1 heterocycles. The number of benzene rings is 4. The maximum absolute atomic E-state index is 6.83. The molecular weight excluding hydrogens is 520 g/mol. The minimum absolute atomic E-state index is 0.782. The Hall–Kier alpha value is -4.17. The molecule has 0 spiro atoms. The summed E-state index contributed by atoms with van der Waals surface area (Å²) < 4.78 is 0. The number of aryl methyl sites for hydroxylation is 5. The molecule has 0 saturated heterocycles. The van der Waals surface area contributed by atoms with Crippen LogP contribution in [0.4, 0.5) is 5.69 Å². The van der Waals surface area contributed by atoms with Gasteiger partial charge in [-0.2, -0.15) is 0 Å². The van der Waals surface area contributed by atoms with Gasteiger partial charge in [0.15, 0.2) is 0 Å². The zero-order valence-electron chi connectivity index (χ0n) is 26.6. The van der Waals surface area contributed by atoms with Crippen LogP contribution in [-0.2, 0) is 32.1 Å². The Labute approximate surface area is 259 Å². The van der Waals surface area contributed by atoms with E-state index in [1.54, 1.807) is 0 Å². The second kappa shape index (κ2) is 13.9. The minimum atomic E-state index is 0.782. The SMILES string of the molecule is CCCCc1ccc(-c2ccc(-c3cc(-c4ccc(CC)cc4CC)nc(-c4ccc(CC)cc4CC)c3)c(N)c2)cc1. The summed E-state index contributed by atoms with van der Waals surface area (Å²) in [5.41, 5.74) is 23.3. The van der Waals surface area contributed by atoms with Gasteiger partial charge in [-0.25, -0.2) is 4.98 Å². The van der Waals surface area contributed by atoms with Gasteiger partial charge in [0.1, 0.15) is 0 Å². The van der Waals surface area contributed by atoms with E-state index in [0.29, 0.717) is 0 Å². The number of unbranched alkanes of at least 4 members (excludes halogenated alkanes) is 1. The van der Waals surface area contributed by atoms with E-state index in [-0.39, 0.29) is 0 Å². The van der Waals surface area contributed by atoms with Gasteiger partial charge in [0.2, 0.25) is 0 Å². The Kier molecular flexibility index (Phi) is 9.77. The zero-order valence-corrected chi connectivity index (χ0v) is 26.6. The van der Waals surface area contributed by atoms with Crippen LogP contribution >= 0.6 is 0 Å². The van der Waals surface area contributed by atoms with E-state index in [1.807, 2.05) is 0 Å². The number of pyridine rings is 1. The average Bonchev–Trinajstić information content (AvgIpc) is 3.06. The number of rotatable bonds is 11. The number of anilines is 1. The third-order valence-electron chi connectivity index (χ3n) is 8.76. The lowest BCUT2D eigenvalue weighted by Gasteiger charge is -2.17. The van der Waals surface area contributed by atoms with E-state index in [4.69, 9.17) is 10.7 Å². The molecule has 2 N–H and O–H groups in total. The number of nitrogens with zero attached hydrogens (tertiary/aromatic N) is 1. The molecule has 2 nitrogen and oxygen atoms in total. The van der Waals surface area contributed by atoms with E-state index in [1.165, 1.54) is 57.3 Å². The summed E-state index contributed by atoms with van der Waals surface area (Å²) >= 11 is 0. The molecule has 0 fully saturated rings. The molecule has 0 atom stereocenters. The number of aromatic nitrogens is 1. The van der Waals surface area contributed by atoms with Crippen LogP contribution in [0.25, 0.3) is 44.8 Å². The van der Waals surface area contributed by atoms with Crippen LogP contribution < -0.4 is 5.73 Å². The molecule has 2 heteroatoms. The van der Waals surface area contributed by atoms with Crippen molar-refractivity contribution in [3.63, 3.8) is 0 Å². The first kappa shape index (κ1) is 30.3. The molecule has 5 rings (SSSR count). The molecule has 0 bridgehead atoms. The number of hydrogen-bond acceptors (Lipinski definition) is 2. The maximum Gasteiger partial charge on any atom is 0.0718 e. The van der Waals surface area contributed by atoms with Gasteiger partial charge < -0.3 is 5.73 Å². The predicted octanol–water partition coefficient (Wildman–Crippen LogP) is 10.9. The topological polar surface area (TPSA) is 38.9 Å². The Bertz CT molecular complexity index is 1620. The van der Waals surface area contributed by atoms with Crippen molar-refractivity contribution in [2.75, 3.05) is 5.73 Å². The summed E-state index contributed by atoms with van der Waals surface area (Å²) in [7, 11) is 0. The molecule has 0 unspecified atom stereocenters. The highest BCUT2D eigenvalue weighted by atomic mass is 14.7.